The third-order valence-corrected chi connectivity index (χ3v) is 6.02. The maximum Gasteiger partial charge on any atom is 0.435 e. The van der Waals surface area contributed by atoms with Crippen LogP contribution < -0.4 is 5.32 Å². The zero-order valence-electron chi connectivity index (χ0n) is 17.7. The van der Waals surface area contributed by atoms with Crippen molar-refractivity contribution in [3.8, 4) is 5.82 Å². The smallest absolute Gasteiger partial charge is 0.328 e. The van der Waals surface area contributed by atoms with Crippen LogP contribution in [0.15, 0.2) is 24.5 Å². The number of nitrogens with one attached hydrogen (secondary N) is 1. The van der Waals surface area contributed by atoms with Crippen molar-refractivity contribution in [1.82, 2.24) is 24.6 Å². The molecule has 0 saturated heterocycles. The van der Waals surface area contributed by atoms with Gasteiger partial charge in [0.25, 0.3) is 0 Å². The van der Waals surface area contributed by atoms with Crippen molar-refractivity contribution in [3.63, 3.8) is 0 Å². The first-order valence-corrected chi connectivity index (χ1v) is 11.8. The van der Waals surface area contributed by atoms with Crippen molar-refractivity contribution in [1.29, 1.82) is 0 Å². The average Bonchev–Trinajstić information content (AvgIpc) is 3.25. The first kappa shape index (κ1) is 24.8. The van der Waals surface area contributed by atoms with E-state index in [0.717, 1.165) is 11.1 Å². The lowest BCUT2D eigenvalue weighted by molar-refractivity contribution is -0.142. The minimum atomic E-state index is -4.84. The third-order valence-electron chi connectivity index (χ3n) is 4.71. The summed E-state index contributed by atoms with van der Waals surface area (Å²) in [6, 6.07) is 3.20. The molecule has 0 aliphatic carbocycles. The summed E-state index contributed by atoms with van der Waals surface area (Å²) in [6.45, 7) is 2.10. The number of alkyl halides is 3. The molecule has 0 aliphatic rings. The van der Waals surface area contributed by atoms with Crippen LogP contribution in [-0.2, 0) is 33.9 Å². The summed E-state index contributed by atoms with van der Waals surface area (Å²) in [4.78, 5) is 15.8. The molecule has 3 heterocycles. The Labute approximate surface area is 192 Å². The van der Waals surface area contributed by atoms with Gasteiger partial charge in [-0.05, 0) is 25.0 Å². The number of rotatable bonds is 8. The number of carbonyl (C=O) groups is 1. The molecule has 33 heavy (non-hydrogen) atoms. The van der Waals surface area contributed by atoms with Gasteiger partial charge in [0.2, 0.25) is 0 Å². The molecule has 0 saturated carbocycles. The van der Waals surface area contributed by atoms with E-state index in [4.69, 9.17) is 11.6 Å². The maximum absolute atomic E-state index is 13.7. The van der Waals surface area contributed by atoms with E-state index in [9.17, 15) is 26.4 Å². The van der Waals surface area contributed by atoms with Gasteiger partial charge in [0.15, 0.2) is 5.69 Å². The molecule has 180 valence electrons. The third kappa shape index (κ3) is 5.77. The van der Waals surface area contributed by atoms with Crippen molar-refractivity contribution in [2.45, 2.75) is 32.4 Å². The number of halogens is 4. The molecule has 9 nitrogen and oxygen atoms in total. The Balaban J connectivity index is 1.95. The monoisotopic (exact) mass is 507 g/mol. The largest absolute Gasteiger partial charge is 0.435 e. The van der Waals surface area contributed by atoms with Crippen LogP contribution in [0.3, 0.4) is 0 Å². The first-order chi connectivity index (χ1) is 15.4. The molecule has 3 rings (SSSR count). The van der Waals surface area contributed by atoms with Crippen molar-refractivity contribution in [3.05, 3.63) is 40.8 Å². The van der Waals surface area contributed by atoms with Gasteiger partial charge in [0, 0.05) is 36.9 Å². The molecule has 0 spiro atoms. The molecule has 1 amide bonds. The highest BCUT2D eigenvalue weighted by atomic mass is 35.5. The molecule has 0 bridgehead atoms. The van der Waals surface area contributed by atoms with Crippen LogP contribution in [0, 0.1) is 0 Å². The second-order valence-electron chi connectivity index (χ2n) is 7.19. The predicted octanol–water partition coefficient (Wildman–Crippen LogP) is 3.83. The standard InChI is InChI=1S/C19H21ClF3N5O4S/c1-3-4-7-24-18(29)32-33(30,31)9-6-14-15(19(21,22)23)26-27(2)17(14)28-8-5-12-10-13(20)11-25-16(12)28/h5,8,10-11H,3-4,6-7,9H2,1-2H3,(H,24,29). The van der Waals surface area contributed by atoms with Gasteiger partial charge in [-0.25, -0.2) is 9.78 Å². The molecular weight excluding hydrogens is 487 g/mol. The van der Waals surface area contributed by atoms with Crippen LogP contribution in [-0.4, -0.2) is 46.1 Å². The molecule has 0 atom stereocenters. The summed E-state index contributed by atoms with van der Waals surface area (Å²) < 4.78 is 72.3. The van der Waals surface area contributed by atoms with E-state index in [1.54, 1.807) is 12.1 Å². The summed E-state index contributed by atoms with van der Waals surface area (Å²) in [5.41, 5.74) is -1.30. The number of pyridine rings is 1. The SMILES string of the molecule is CCCCNC(=O)OS(=O)(=O)CCc1c(C(F)(F)F)nn(C)c1-n1ccc2cc(Cl)cnc21. The van der Waals surface area contributed by atoms with Gasteiger partial charge < -0.3 is 9.50 Å². The van der Waals surface area contributed by atoms with Crippen LogP contribution in [0.1, 0.15) is 31.0 Å². The van der Waals surface area contributed by atoms with Gasteiger partial charge in [0.1, 0.15) is 11.5 Å². The number of unbranched alkanes of at least 4 members (excludes halogenated alkanes) is 1. The van der Waals surface area contributed by atoms with E-state index >= 15 is 0 Å². The van der Waals surface area contributed by atoms with Crippen LogP contribution >= 0.6 is 11.6 Å². The van der Waals surface area contributed by atoms with Crippen molar-refractivity contribution in [2.75, 3.05) is 12.3 Å². The Morgan fingerprint density at radius 3 is 2.73 bits per heavy atom. The summed E-state index contributed by atoms with van der Waals surface area (Å²) in [6.07, 6.45) is -2.40. The van der Waals surface area contributed by atoms with Crippen molar-refractivity contribution < 1.29 is 30.6 Å². The Kier molecular flexibility index (Phi) is 7.22. The van der Waals surface area contributed by atoms with Gasteiger partial charge in [0.05, 0.1) is 10.8 Å². The van der Waals surface area contributed by atoms with Gasteiger partial charge in [-0.3, -0.25) is 9.25 Å². The maximum atomic E-state index is 13.7. The normalized spacial score (nSPS) is 12.3. The number of amides is 1. The molecule has 0 aromatic carbocycles. The number of fused-ring (bicyclic) bond motifs is 1. The summed E-state index contributed by atoms with van der Waals surface area (Å²) in [7, 11) is -3.15. The summed E-state index contributed by atoms with van der Waals surface area (Å²) >= 11 is 5.93. The summed E-state index contributed by atoms with van der Waals surface area (Å²) in [5.74, 6) is -0.885. The second-order valence-corrected chi connectivity index (χ2v) is 9.31. The second kappa shape index (κ2) is 9.59. The molecule has 0 aliphatic heterocycles. The highest BCUT2D eigenvalue weighted by molar-refractivity contribution is 7.87. The molecule has 3 aromatic rings. The van der Waals surface area contributed by atoms with Crippen molar-refractivity contribution >= 4 is 38.8 Å². The zero-order valence-corrected chi connectivity index (χ0v) is 19.3. The van der Waals surface area contributed by atoms with Crippen LogP contribution in [0.5, 0.6) is 0 Å². The van der Waals surface area contributed by atoms with Crippen LogP contribution in [0.25, 0.3) is 16.9 Å². The van der Waals surface area contributed by atoms with Crippen LogP contribution in [0.2, 0.25) is 5.02 Å². The fourth-order valence-electron chi connectivity index (χ4n) is 3.27. The molecule has 14 heteroatoms. The van der Waals surface area contributed by atoms with Crippen LogP contribution in [0.4, 0.5) is 18.0 Å². The fourth-order valence-corrected chi connectivity index (χ4v) is 4.26. The Morgan fingerprint density at radius 2 is 2.06 bits per heavy atom. The molecule has 1 N–H and O–H groups in total. The molecule has 0 unspecified atom stereocenters. The lowest BCUT2D eigenvalue weighted by Crippen LogP contribution is -2.29. The molecule has 0 radical (unpaired) electrons. The highest BCUT2D eigenvalue weighted by Crippen LogP contribution is 2.35. The number of aryl methyl sites for hydroxylation is 1. The molecular formula is C19H21ClF3N5O4S. The summed E-state index contributed by atoms with van der Waals surface area (Å²) in [5, 5.41) is 6.77. The number of aromatic nitrogens is 4. The Morgan fingerprint density at radius 1 is 1.33 bits per heavy atom. The van der Waals surface area contributed by atoms with Crippen molar-refractivity contribution in [2.24, 2.45) is 7.05 Å². The number of hydrogen-bond acceptors (Lipinski definition) is 6. The predicted molar refractivity (Wildman–Crippen MR) is 115 cm³/mol. The van der Waals surface area contributed by atoms with Gasteiger partial charge >= 0.3 is 22.4 Å². The molecule has 0 fully saturated rings. The number of hydrogen-bond donors (Lipinski definition) is 1. The first-order valence-electron chi connectivity index (χ1n) is 9.89. The van der Waals surface area contributed by atoms with E-state index in [1.165, 1.54) is 24.0 Å². The van der Waals surface area contributed by atoms with Gasteiger partial charge in [-0.15, -0.1) is 0 Å². The van der Waals surface area contributed by atoms with E-state index in [-0.39, 0.29) is 17.9 Å². The quantitative estimate of drug-likeness (QED) is 0.367. The fraction of sp³-hybridized carbons (Fsp3) is 0.421. The average molecular weight is 508 g/mol. The number of carbonyl (C=O) groups excluding carboxylic acids is 1. The van der Waals surface area contributed by atoms with E-state index in [1.807, 2.05) is 6.92 Å². The van der Waals surface area contributed by atoms with E-state index in [0.29, 0.717) is 22.5 Å². The zero-order chi connectivity index (χ0) is 24.4. The number of nitrogens with zero attached hydrogens (tertiary/aromatic N) is 4. The Bertz CT molecular complexity index is 1270. The highest BCUT2D eigenvalue weighted by Gasteiger charge is 2.39. The molecule has 3 aromatic heterocycles. The van der Waals surface area contributed by atoms with Gasteiger partial charge in [-0.2, -0.15) is 26.7 Å². The Hall–Kier alpha value is -2.80. The minimum Gasteiger partial charge on any atom is -0.328 e. The van der Waals surface area contributed by atoms with E-state index < -0.39 is 40.3 Å². The lowest BCUT2D eigenvalue weighted by atomic mass is 10.1. The topological polar surface area (TPSA) is 108 Å². The van der Waals surface area contributed by atoms with E-state index in [2.05, 4.69) is 19.6 Å². The van der Waals surface area contributed by atoms with Gasteiger partial charge in [-0.1, -0.05) is 24.9 Å². The lowest BCUT2D eigenvalue weighted by Gasteiger charge is -2.11. The minimum absolute atomic E-state index is 0.0188.